The van der Waals surface area contributed by atoms with Gasteiger partial charge >= 0.3 is 0 Å². The maximum Gasteiger partial charge on any atom is 0.227 e. The molecule has 1 N–H and O–H groups in total. The minimum Gasteiger partial charge on any atom is -0.497 e. The van der Waals surface area contributed by atoms with Crippen LogP contribution in [0.5, 0.6) is 5.75 Å². The van der Waals surface area contributed by atoms with E-state index in [1.165, 1.54) is 0 Å². The molecule has 0 unspecified atom stereocenters. The van der Waals surface area contributed by atoms with E-state index in [4.69, 9.17) is 9.26 Å². The first-order valence-electron chi connectivity index (χ1n) is 8.18. The number of hydrogen-bond acceptors (Lipinski definition) is 6. The molecule has 1 aromatic carbocycles. The molecule has 3 rings (SSSR count). The summed E-state index contributed by atoms with van der Waals surface area (Å²) in [6.45, 7) is 3.70. The predicted octanol–water partition coefficient (Wildman–Crippen LogP) is 2.71. The van der Waals surface area contributed by atoms with E-state index < -0.39 is 0 Å². The third-order valence-corrected chi connectivity index (χ3v) is 4.05. The van der Waals surface area contributed by atoms with Gasteiger partial charge in [0.25, 0.3) is 0 Å². The number of aromatic nitrogens is 3. The second-order valence-electron chi connectivity index (χ2n) is 5.83. The number of carbonyl (C=O) groups is 1. The molecule has 0 aliphatic rings. The van der Waals surface area contributed by atoms with Gasteiger partial charge in [0.1, 0.15) is 17.3 Å². The zero-order valence-electron chi connectivity index (χ0n) is 15.2. The molecule has 7 heteroatoms. The van der Waals surface area contributed by atoms with Crippen molar-refractivity contribution in [3.63, 3.8) is 0 Å². The first kappa shape index (κ1) is 17.6. The molecule has 2 aromatic heterocycles. The fraction of sp³-hybridized carbons (Fsp3) is 0.263. The number of ether oxygens (including phenoxy) is 1. The van der Waals surface area contributed by atoms with E-state index in [2.05, 4.69) is 20.4 Å². The lowest BCUT2D eigenvalue weighted by atomic mass is 10.1. The molecule has 0 saturated heterocycles. The van der Waals surface area contributed by atoms with Crippen molar-refractivity contribution in [1.82, 2.24) is 20.4 Å². The third kappa shape index (κ3) is 3.56. The lowest BCUT2D eigenvalue weighted by Gasteiger charge is -2.09. The van der Waals surface area contributed by atoms with Gasteiger partial charge in [-0.05, 0) is 44.2 Å². The van der Waals surface area contributed by atoms with Gasteiger partial charge in [-0.3, -0.25) is 4.79 Å². The van der Waals surface area contributed by atoms with Crippen molar-refractivity contribution in [3.05, 3.63) is 47.6 Å². The average Bonchev–Trinajstić information content (AvgIpc) is 2.99. The highest BCUT2D eigenvalue weighted by Crippen LogP contribution is 2.29. The van der Waals surface area contributed by atoms with E-state index in [0.717, 1.165) is 28.3 Å². The van der Waals surface area contributed by atoms with E-state index in [-0.39, 0.29) is 12.3 Å². The molecule has 7 nitrogen and oxygen atoms in total. The number of carbonyl (C=O) groups excluding carboxylic acids is 1. The Morgan fingerprint density at radius 3 is 2.42 bits per heavy atom. The molecule has 3 aromatic rings. The van der Waals surface area contributed by atoms with Crippen LogP contribution in [0, 0.1) is 13.8 Å². The molecule has 134 valence electrons. The summed E-state index contributed by atoms with van der Waals surface area (Å²) in [5.74, 6) is 1.72. The summed E-state index contributed by atoms with van der Waals surface area (Å²) in [5, 5.41) is 6.59. The van der Waals surface area contributed by atoms with Crippen molar-refractivity contribution < 1.29 is 14.1 Å². The van der Waals surface area contributed by atoms with Gasteiger partial charge in [-0.2, -0.15) is 0 Å². The Bertz CT molecular complexity index is 913. The molecule has 0 fully saturated rings. The van der Waals surface area contributed by atoms with Crippen LogP contribution in [0.4, 0.5) is 0 Å². The van der Waals surface area contributed by atoms with Gasteiger partial charge in [0.2, 0.25) is 5.91 Å². The fourth-order valence-electron chi connectivity index (χ4n) is 2.69. The van der Waals surface area contributed by atoms with Gasteiger partial charge in [-0.15, -0.1) is 0 Å². The molecule has 0 atom stereocenters. The Hall–Kier alpha value is -3.22. The summed E-state index contributed by atoms with van der Waals surface area (Å²) in [4.78, 5) is 20.9. The highest BCUT2D eigenvalue weighted by atomic mass is 16.5. The standard InChI is InChI=1S/C19H20N4O3/c1-11-19(12(2)26-23-11)16-9-15(13-5-7-14(25-4)8-6-13)21-17(22-16)10-18(24)20-3/h5-9H,10H2,1-4H3,(H,20,24). The number of rotatable bonds is 5. The molecular formula is C19H20N4O3. The van der Waals surface area contributed by atoms with Gasteiger partial charge < -0.3 is 14.6 Å². The van der Waals surface area contributed by atoms with Crippen LogP contribution in [-0.2, 0) is 11.2 Å². The monoisotopic (exact) mass is 352 g/mol. The summed E-state index contributed by atoms with van der Waals surface area (Å²) >= 11 is 0. The third-order valence-electron chi connectivity index (χ3n) is 4.05. The van der Waals surface area contributed by atoms with Gasteiger partial charge in [0.05, 0.1) is 36.2 Å². The first-order chi connectivity index (χ1) is 12.5. The molecular weight excluding hydrogens is 332 g/mol. The van der Waals surface area contributed by atoms with Gasteiger partial charge in [0, 0.05) is 12.6 Å². The molecule has 2 heterocycles. The number of methoxy groups -OCH3 is 1. The molecule has 0 aliphatic carbocycles. The van der Waals surface area contributed by atoms with Crippen LogP contribution >= 0.6 is 0 Å². The van der Waals surface area contributed by atoms with Crippen LogP contribution in [-0.4, -0.2) is 35.2 Å². The predicted molar refractivity (Wildman–Crippen MR) is 96.8 cm³/mol. The molecule has 0 aliphatic heterocycles. The number of nitrogens with zero attached hydrogens (tertiary/aromatic N) is 3. The minimum atomic E-state index is -0.151. The second kappa shape index (κ2) is 7.35. The Morgan fingerprint density at radius 2 is 1.85 bits per heavy atom. The topological polar surface area (TPSA) is 90.1 Å². The van der Waals surface area contributed by atoms with E-state index >= 15 is 0 Å². The van der Waals surface area contributed by atoms with Crippen molar-refractivity contribution in [1.29, 1.82) is 0 Å². The normalized spacial score (nSPS) is 10.6. The lowest BCUT2D eigenvalue weighted by molar-refractivity contribution is -0.120. The summed E-state index contributed by atoms with van der Waals surface area (Å²) < 4.78 is 10.5. The van der Waals surface area contributed by atoms with Crippen LogP contribution in [0.25, 0.3) is 22.5 Å². The van der Waals surface area contributed by atoms with E-state index in [0.29, 0.717) is 17.3 Å². The zero-order chi connectivity index (χ0) is 18.7. The maximum atomic E-state index is 11.8. The second-order valence-corrected chi connectivity index (χ2v) is 5.83. The fourth-order valence-corrected chi connectivity index (χ4v) is 2.69. The van der Waals surface area contributed by atoms with Gasteiger partial charge in [-0.25, -0.2) is 9.97 Å². The highest BCUT2D eigenvalue weighted by Gasteiger charge is 2.17. The number of benzene rings is 1. The SMILES string of the molecule is CNC(=O)Cc1nc(-c2ccc(OC)cc2)cc(-c2c(C)noc2C)n1. The van der Waals surface area contributed by atoms with Crippen molar-refractivity contribution in [2.45, 2.75) is 20.3 Å². The molecule has 0 bridgehead atoms. The molecule has 0 radical (unpaired) electrons. The largest absolute Gasteiger partial charge is 0.497 e. The molecule has 0 saturated carbocycles. The van der Waals surface area contributed by atoms with Gasteiger partial charge in [0.15, 0.2) is 0 Å². The number of likely N-dealkylation sites (N-methyl/N-ethyl adjacent to an activating group) is 1. The molecule has 1 amide bonds. The average molecular weight is 352 g/mol. The summed E-state index contributed by atoms with van der Waals surface area (Å²) in [7, 11) is 3.21. The Kier molecular flexibility index (Phi) is 4.97. The van der Waals surface area contributed by atoms with E-state index in [1.807, 2.05) is 44.2 Å². The van der Waals surface area contributed by atoms with Crippen molar-refractivity contribution in [2.75, 3.05) is 14.2 Å². The lowest BCUT2D eigenvalue weighted by Crippen LogP contribution is -2.21. The van der Waals surface area contributed by atoms with E-state index in [9.17, 15) is 4.79 Å². The summed E-state index contributed by atoms with van der Waals surface area (Å²) in [6.07, 6.45) is 0.0941. The van der Waals surface area contributed by atoms with Crippen molar-refractivity contribution in [3.8, 4) is 28.3 Å². The van der Waals surface area contributed by atoms with E-state index in [1.54, 1.807) is 14.2 Å². The Balaban J connectivity index is 2.12. The number of nitrogens with one attached hydrogen (secondary N) is 1. The van der Waals surface area contributed by atoms with Crippen LogP contribution in [0.1, 0.15) is 17.3 Å². The van der Waals surface area contributed by atoms with Crippen LogP contribution < -0.4 is 10.1 Å². The zero-order valence-corrected chi connectivity index (χ0v) is 15.2. The number of amides is 1. The molecule has 26 heavy (non-hydrogen) atoms. The summed E-state index contributed by atoms with van der Waals surface area (Å²) in [6, 6.07) is 9.45. The minimum absolute atomic E-state index is 0.0941. The number of aryl methyl sites for hydroxylation is 2. The first-order valence-corrected chi connectivity index (χ1v) is 8.18. The van der Waals surface area contributed by atoms with Crippen LogP contribution in [0.2, 0.25) is 0 Å². The maximum absolute atomic E-state index is 11.8. The van der Waals surface area contributed by atoms with Crippen molar-refractivity contribution in [2.24, 2.45) is 0 Å². The quantitative estimate of drug-likeness (QED) is 0.759. The van der Waals surface area contributed by atoms with Crippen LogP contribution in [0.15, 0.2) is 34.9 Å². The van der Waals surface area contributed by atoms with Gasteiger partial charge in [-0.1, -0.05) is 5.16 Å². The highest BCUT2D eigenvalue weighted by molar-refractivity contribution is 5.78. The summed E-state index contributed by atoms with van der Waals surface area (Å²) in [5.41, 5.74) is 3.87. The Labute approximate surface area is 151 Å². The molecule has 0 spiro atoms. The Morgan fingerprint density at radius 1 is 1.15 bits per heavy atom. The van der Waals surface area contributed by atoms with Crippen LogP contribution in [0.3, 0.4) is 0 Å². The number of hydrogen-bond donors (Lipinski definition) is 1. The van der Waals surface area contributed by atoms with Crippen molar-refractivity contribution >= 4 is 5.91 Å². The smallest absolute Gasteiger partial charge is 0.227 e.